The van der Waals surface area contributed by atoms with Crippen LogP contribution >= 0.6 is 43.1 Å². The monoisotopic (exact) mass is 371 g/mol. The van der Waals surface area contributed by atoms with Crippen LogP contribution in [0.1, 0.15) is 0 Å². The molecule has 1 aromatic carbocycles. The van der Waals surface area contributed by atoms with Crippen LogP contribution in [0.25, 0.3) is 0 Å². The van der Waals surface area contributed by atoms with Crippen molar-refractivity contribution >= 4 is 54.7 Å². The first-order valence-electron chi connectivity index (χ1n) is 5.10. The molecule has 1 heterocycles. The number of para-hydroxylation sites is 1. The quantitative estimate of drug-likeness (QED) is 0.555. The molecule has 21 heavy (non-hydrogen) atoms. The van der Waals surface area contributed by atoms with Gasteiger partial charge < -0.3 is 10.2 Å². The molecule has 0 aliphatic rings. The summed E-state index contributed by atoms with van der Waals surface area (Å²) in [6, 6.07) is 7.18. The Bertz CT molecular complexity index is 613. The third kappa shape index (κ3) is 7.01. The number of anilines is 2. The van der Waals surface area contributed by atoms with E-state index in [0.717, 1.165) is 0 Å². The number of nitrogens with two attached hydrogens (primary N) is 1. The molecule has 0 aliphatic heterocycles. The zero-order valence-electron chi connectivity index (χ0n) is 10.1. The van der Waals surface area contributed by atoms with Crippen molar-refractivity contribution in [3.8, 4) is 0 Å². The molecule has 2 rings (SSSR count). The maximum atomic E-state index is 9.21. The molecule has 0 saturated carbocycles. The number of hydrogen-bond donors (Lipinski definition) is 3. The minimum atomic E-state index is -2.85. The molecule has 1 aromatic heterocycles. The SMILES string of the molecule is Clc1nc(Cl)nc(Nc2ccccc2Cl)n1.NO[PH](=O)O. The van der Waals surface area contributed by atoms with Gasteiger partial charge in [-0.25, -0.2) is 10.5 Å². The number of halogens is 3. The van der Waals surface area contributed by atoms with Crippen molar-refractivity contribution in [2.45, 2.75) is 0 Å². The second-order valence-corrected chi connectivity index (χ2v) is 5.04. The highest BCUT2D eigenvalue weighted by Gasteiger charge is 2.05. The molecule has 1 unspecified atom stereocenters. The zero-order chi connectivity index (χ0) is 15.8. The van der Waals surface area contributed by atoms with Crippen LogP contribution in [0.2, 0.25) is 15.6 Å². The van der Waals surface area contributed by atoms with Crippen molar-refractivity contribution < 1.29 is 14.1 Å². The van der Waals surface area contributed by atoms with E-state index in [4.69, 9.17) is 39.7 Å². The van der Waals surface area contributed by atoms with Crippen molar-refractivity contribution in [1.82, 2.24) is 15.0 Å². The molecule has 0 fully saturated rings. The summed E-state index contributed by atoms with van der Waals surface area (Å²) in [5, 5.41) is 3.49. The van der Waals surface area contributed by atoms with E-state index in [1.165, 1.54) is 0 Å². The Morgan fingerprint density at radius 1 is 1.14 bits per heavy atom. The molecule has 0 radical (unpaired) electrons. The minimum absolute atomic E-state index is 0.0227. The maximum absolute atomic E-state index is 9.21. The molecule has 0 amide bonds. The Morgan fingerprint density at radius 3 is 2.14 bits per heavy atom. The van der Waals surface area contributed by atoms with Crippen LogP contribution < -0.4 is 11.2 Å². The molecule has 8 nitrogen and oxygen atoms in total. The van der Waals surface area contributed by atoms with E-state index in [1.807, 2.05) is 12.1 Å². The van der Waals surface area contributed by atoms with E-state index < -0.39 is 8.25 Å². The van der Waals surface area contributed by atoms with Crippen LogP contribution in [-0.4, -0.2) is 19.8 Å². The summed E-state index contributed by atoms with van der Waals surface area (Å²) in [4.78, 5) is 18.9. The standard InChI is InChI=1S/C9H5Cl3N4.H4NO3P/c10-5-3-1-2-4-6(5)13-9-15-7(11)14-8(12)16-9;1-4-5(2)3/h1-4H,(H,13,14,15,16);5H,1H2,(H,2,3). The largest absolute Gasteiger partial charge is 0.332 e. The highest BCUT2D eigenvalue weighted by atomic mass is 35.5. The molecule has 0 spiro atoms. The van der Waals surface area contributed by atoms with E-state index in [1.54, 1.807) is 12.1 Å². The maximum Gasteiger partial charge on any atom is 0.332 e. The van der Waals surface area contributed by atoms with Crippen LogP contribution in [0.3, 0.4) is 0 Å². The zero-order valence-corrected chi connectivity index (χ0v) is 13.4. The van der Waals surface area contributed by atoms with Crippen LogP contribution in [0.5, 0.6) is 0 Å². The third-order valence-corrected chi connectivity index (χ3v) is 2.67. The predicted octanol–water partition coefficient (Wildman–Crippen LogP) is 2.83. The lowest BCUT2D eigenvalue weighted by Crippen LogP contribution is -1.99. The summed E-state index contributed by atoms with van der Waals surface area (Å²) in [6.07, 6.45) is 0. The van der Waals surface area contributed by atoms with Crippen molar-refractivity contribution in [1.29, 1.82) is 0 Å². The van der Waals surface area contributed by atoms with Crippen LogP contribution in [0.15, 0.2) is 24.3 Å². The number of rotatable bonds is 3. The van der Waals surface area contributed by atoms with Gasteiger partial charge in [-0.2, -0.15) is 15.0 Å². The van der Waals surface area contributed by atoms with Crippen molar-refractivity contribution in [2.75, 3.05) is 5.32 Å². The summed E-state index contributed by atoms with van der Waals surface area (Å²) in [5.41, 5.74) is 0.669. The first kappa shape index (κ1) is 18.1. The van der Waals surface area contributed by atoms with E-state index in [-0.39, 0.29) is 16.5 Å². The fraction of sp³-hybridized carbons (Fsp3) is 0. The van der Waals surface area contributed by atoms with Gasteiger partial charge in [0.1, 0.15) is 0 Å². The lowest BCUT2D eigenvalue weighted by Gasteiger charge is -2.06. The Hall–Kier alpha value is -0.990. The molecule has 4 N–H and O–H groups in total. The van der Waals surface area contributed by atoms with Gasteiger partial charge in [-0.15, -0.1) is 0 Å². The number of benzene rings is 1. The van der Waals surface area contributed by atoms with Gasteiger partial charge >= 0.3 is 8.25 Å². The van der Waals surface area contributed by atoms with Crippen molar-refractivity contribution in [3.05, 3.63) is 39.9 Å². The highest BCUT2D eigenvalue weighted by Crippen LogP contribution is 2.23. The normalized spacial score (nSPS) is 11.3. The molecule has 1 atom stereocenters. The van der Waals surface area contributed by atoms with Gasteiger partial charge in [-0.3, -0.25) is 4.57 Å². The van der Waals surface area contributed by atoms with Gasteiger partial charge in [-0.05, 0) is 35.3 Å². The fourth-order valence-corrected chi connectivity index (χ4v) is 1.61. The van der Waals surface area contributed by atoms with Gasteiger partial charge in [0.25, 0.3) is 0 Å². The van der Waals surface area contributed by atoms with E-state index >= 15 is 0 Å². The van der Waals surface area contributed by atoms with Crippen molar-refractivity contribution in [3.63, 3.8) is 0 Å². The lowest BCUT2D eigenvalue weighted by molar-refractivity contribution is 0.292. The average molecular weight is 373 g/mol. The van der Waals surface area contributed by atoms with Crippen LogP contribution in [-0.2, 0) is 9.19 Å². The predicted molar refractivity (Wildman–Crippen MR) is 81.1 cm³/mol. The number of hydrogen-bond acceptors (Lipinski definition) is 7. The second kappa shape index (κ2) is 9.11. The van der Waals surface area contributed by atoms with Gasteiger partial charge in [0.05, 0.1) is 10.7 Å². The molecule has 2 aromatic rings. The van der Waals surface area contributed by atoms with Crippen LogP contribution in [0.4, 0.5) is 11.6 Å². The Morgan fingerprint density at radius 2 is 1.67 bits per heavy atom. The molecule has 114 valence electrons. The lowest BCUT2D eigenvalue weighted by atomic mass is 10.3. The number of aromatic nitrogens is 3. The molecule has 0 aliphatic carbocycles. The van der Waals surface area contributed by atoms with E-state index in [9.17, 15) is 4.57 Å². The van der Waals surface area contributed by atoms with Crippen LogP contribution in [0, 0.1) is 0 Å². The molecular formula is C9H9Cl3N5O3P. The third-order valence-electron chi connectivity index (χ3n) is 1.80. The Kier molecular flexibility index (Phi) is 7.84. The Labute approximate surface area is 135 Å². The number of nitrogens with one attached hydrogen (secondary N) is 1. The Balaban J connectivity index is 0.000000383. The summed E-state index contributed by atoms with van der Waals surface area (Å²) in [6.45, 7) is 0. The van der Waals surface area contributed by atoms with Gasteiger partial charge in [0, 0.05) is 0 Å². The molecule has 0 bridgehead atoms. The van der Waals surface area contributed by atoms with E-state index in [0.29, 0.717) is 10.7 Å². The first-order chi connectivity index (χ1) is 9.92. The van der Waals surface area contributed by atoms with Gasteiger partial charge in [0.2, 0.25) is 16.5 Å². The minimum Gasteiger partial charge on any atom is -0.325 e. The van der Waals surface area contributed by atoms with Gasteiger partial charge in [0.15, 0.2) is 0 Å². The summed E-state index contributed by atoms with van der Waals surface area (Å²) in [7, 11) is -2.85. The average Bonchev–Trinajstić information content (AvgIpc) is 2.41. The molecule has 0 saturated heterocycles. The summed E-state index contributed by atoms with van der Waals surface area (Å²) in [5.74, 6) is 4.40. The highest BCUT2D eigenvalue weighted by molar-refractivity contribution is 7.32. The van der Waals surface area contributed by atoms with Gasteiger partial charge in [-0.1, -0.05) is 23.7 Å². The smallest absolute Gasteiger partial charge is 0.325 e. The second-order valence-electron chi connectivity index (χ2n) is 3.19. The molecular weight excluding hydrogens is 363 g/mol. The first-order valence-corrected chi connectivity index (χ1v) is 7.50. The fourth-order valence-electron chi connectivity index (χ4n) is 1.06. The van der Waals surface area contributed by atoms with E-state index in [2.05, 4.69) is 30.8 Å². The summed E-state index contributed by atoms with van der Waals surface area (Å²) >= 11 is 17.2. The summed E-state index contributed by atoms with van der Waals surface area (Å²) < 4.78 is 12.6. The topological polar surface area (TPSA) is 123 Å². The van der Waals surface area contributed by atoms with Crippen molar-refractivity contribution in [2.24, 2.45) is 5.90 Å². The number of nitrogens with zero attached hydrogens (tertiary/aromatic N) is 3. The molecule has 12 heteroatoms.